The fourth-order valence-corrected chi connectivity index (χ4v) is 5.09. The molecule has 11 heteroatoms. The zero-order chi connectivity index (χ0) is 27.4. The molecule has 0 N–H and O–H groups in total. The highest BCUT2D eigenvalue weighted by Gasteiger charge is 2.21. The van der Waals surface area contributed by atoms with Gasteiger partial charge in [0.1, 0.15) is 5.82 Å². The lowest BCUT2D eigenvalue weighted by molar-refractivity contribution is -0.384. The SMILES string of the molecule is O=c1nc(-c2cccc(Cl)c2)n(-c2nc3nnc(-c4cccc([N+](=O)[O-])c4)n3c3ccccc23)c2ccccc12. The van der Waals surface area contributed by atoms with Crippen molar-refractivity contribution in [2.45, 2.75) is 0 Å². The Morgan fingerprint density at radius 1 is 0.725 bits per heavy atom. The summed E-state index contributed by atoms with van der Waals surface area (Å²) in [6.07, 6.45) is 0. The van der Waals surface area contributed by atoms with Crippen LogP contribution in [-0.2, 0) is 0 Å². The van der Waals surface area contributed by atoms with Crippen LogP contribution in [0.3, 0.4) is 0 Å². The van der Waals surface area contributed by atoms with Gasteiger partial charge >= 0.3 is 0 Å². The number of fused-ring (bicyclic) bond motifs is 4. The summed E-state index contributed by atoms with van der Waals surface area (Å²) in [5.74, 6) is 1.54. The maximum absolute atomic E-state index is 13.1. The first kappa shape index (κ1) is 23.6. The van der Waals surface area contributed by atoms with Crippen molar-refractivity contribution in [3.63, 3.8) is 0 Å². The van der Waals surface area contributed by atoms with Crippen LogP contribution < -0.4 is 5.56 Å². The first-order chi connectivity index (χ1) is 19.5. The van der Waals surface area contributed by atoms with Crippen LogP contribution >= 0.6 is 11.6 Å². The molecule has 7 rings (SSSR count). The van der Waals surface area contributed by atoms with E-state index in [2.05, 4.69) is 15.2 Å². The van der Waals surface area contributed by atoms with Gasteiger partial charge in [-0.25, -0.2) is 0 Å². The minimum absolute atomic E-state index is 0.0555. The standard InChI is InChI=1S/C29H16ClN7O3/c30-19-9-5-7-17(15-19)25-31-28(38)22-12-2-4-14-24(22)35(25)27-21-11-1-3-13-23(21)36-26(33-34-29(36)32-27)18-8-6-10-20(16-18)37(39)40/h1-16H. The number of non-ortho nitro benzene ring substituents is 1. The van der Waals surface area contributed by atoms with E-state index in [-0.39, 0.29) is 17.0 Å². The van der Waals surface area contributed by atoms with Crippen LogP contribution in [-0.4, -0.2) is 34.1 Å². The number of hydrogen-bond acceptors (Lipinski definition) is 7. The van der Waals surface area contributed by atoms with E-state index < -0.39 is 4.92 Å². The number of rotatable bonds is 4. The average Bonchev–Trinajstić information content (AvgIpc) is 3.41. The normalized spacial score (nSPS) is 11.4. The molecule has 0 aliphatic rings. The Hall–Kier alpha value is -5.48. The molecule has 10 nitrogen and oxygen atoms in total. The lowest BCUT2D eigenvalue weighted by atomic mass is 10.1. The number of para-hydroxylation sites is 2. The summed E-state index contributed by atoms with van der Waals surface area (Å²) in [6.45, 7) is 0. The number of halogens is 1. The summed E-state index contributed by atoms with van der Waals surface area (Å²) < 4.78 is 3.58. The Balaban J connectivity index is 1.60. The number of nitrogens with zero attached hydrogens (tertiary/aromatic N) is 7. The molecule has 7 aromatic rings. The van der Waals surface area contributed by atoms with Gasteiger partial charge in [-0.2, -0.15) is 9.97 Å². The molecule has 0 spiro atoms. The predicted molar refractivity (Wildman–Crippen MR) is 152 cm³/mol. The van der Waals surface area contributed by atoms with Gasteiger partial charge in [0.25, 0.3) is 17.0 Å². The van der Waals surface area contributed by atoms with Crippen LogP contribution in [0.4, 0.5) is 5.69 Å². The van der Waals surface area contributed by atoms with Gasteiger partial charge in [-0.3, -0.25) is 23.9 Å². The van der Waals surface area contributed by atoms with Crippen LogP contribution in [0, 0.1) is 10.1 Å². The van der Waals surface area contributed by atoms with Gasteiger partial charge in [0, 0.05) is 33.7 Å². The van der Waals surface area contributed by atoms with E-state index >= 15 is 0 Å². The molecule has 0 atom stereocenters. The molecule has 3 aromatic heterocycles. The third-order valence-electron chi connectivity index (χ3n) is 6.64. The van der Waals surface area contributed by atoms with E-state index in [4.69, 9.17) is 16.6 Å². The van der Waals surface area contributed by atoms with Gasteiger partial charge in [0.2, 0.25) is 0 Å². The lowest BCUT2D eigenvalue weighted by Gasteiger charge is -2.18. The van der Waals surface area contributed by atoms with E-state index in [9.17, 15) is 14.9 Å². The molecule has 0 amide bonds. The summed E-state index contributed by atoms with van der Waals surface area (Å²) in [7, 11) is 0. The Labute approximate surface area is 229 Å². The first-order valence-electron chi connectivity index (χ1n) is 12.2. The second-order valence-corrected chi connectivity index (χ2v) is 9.46. The van der Waals surface area contributed by atoms with Gasteiger partial charge in [0.15, 0.2) is 11.6 Å². The Morgan fingerprint density at radius 2 is 1.43 bits per heavy atom. The molecule has 0 aliphatic carbocycles. The highest BCUT2D eigenvalue weighted by Crippen LogP contribution is 2.32. The lowest BCUT2D eigenvalue weighted by Crippen LogP contribution is -2.17. The van der Waals surface area contributed by atoms with Crippen molar-refractivity contribution in [3.05, 3.63) is 123 Å². The van der Waals surface area contributed by atoms with Crippen molar-refractivity contribution < 1.29 is 4.92 Å². The zero-order valence-electron chi connectivity index (χ0n) is 20.5. The van der Waals surface area contributed by atoms with Crippen molar-refractivity contribution >= 4 is 44.9 Å². The maximum atomic E-state index is 13.1. The zero-order valence-corrected chi connectivity index (χ0v) is 21.2. The summed E-state index contributed by atoms with van der Waals surface area (Å²) in [5.41, 5.74) is 2.06. The topological polar surface area (TPSA) is 121 Å². The minimum Gasteiger partial charge on any atom is -0.277 e. The molecule has 0 aliphatic heterocycles. The van der Waals surface area contributed by atoms with Crippen molar-refractivity contribution in [2.24, 2.45) is 0 Å². The average molecular weight is 546 g/mol. The number of nitro groups is 1. The highest BCUT2D eigenvalue weighted by molar-refractivity contribution is 6.30. The van der Waals surface area contributed by atoms with Crippen LogP contribution in [0.5, 0.6) is 0 Å². The summed E-state index contributed by atoms with van der Waals surface area (Å²) >= 11 is 6.32. The molecule has 40 heavy (non-hydrogen) atoms. The molecule has 4 aromatic carbocycles. The number of aromatic nitrogens is 6. The van der Waals surface area contributed by atoms with Crippen LogP contribution in [0.15, 0.2) is 102 Å². The third kappa shape index (κ3) is 3.69. The van der Waals surface area contributed by atoms with E-state index in [1.165, 1.54) is 12.1 Å². The summed E-state index contributed by atoms with van der Waals surface area (Å²) in [6, 6.07) is 28.1. The monoisotopic (exact) mass is 545 g/mol. The quantitative estimate of drug-likeness (QED) is 0.200. The largest absolute Gasteiger partial charge is 0.281 e. The van der Waals surface area contributed by atoms with E-state index in [1.807, 2.05) is 47.0 Å². The Bertz CT molecular complexity index is 2210. The molecule has 0 saturated heterocycles. The first-order valence-corrected chi connectivity index (χ1v) is 12.5. The summed E-state index contributed by atoms with van der Waals surface area (Å²) in [4.78, 5) is 33.4. The maximum Gasteiger partial charge on any atom is 0.281 e. The molecule has 0 saturated carbocycles. The molecule has 3 heterocycles. The number of benzene rings is 4. The van der Waals surface area contributed by atoms with Crippen LogP contribution in [0.25, 0.3) is 56.2 Å². The van der Waals surface area contributed by atoms with Crippen LogP contribution in [0.1, 0.15) is 0 Å². The molecule has 0 unspecified atom stereocenters. The molecule has 0 radical (unpaired) electrons. The van der Waals surface area contributed by atoms with Crippen molar-refractivity contribution in [2.75, 3.05) is 0 Å². The summed E-state index contributed by atoms with van der Waals surface area (Å²) in [5, 5.41) is 21.8. The van der Waals surface area contributed by atoms with Gasteiger partial charge < -0.3 is 0 Å². The van der Waals surface area contributed by atoms with Crippen molar-refractivity contribution in [1.82, 2.24) is 29.1 Å². The van der Waals surface area contributed by atoms with E-state index in [1.54, 1.807) is 46.9 Å². The minimum atomic E-state index is -0.451. The fourth-order valence-electron chi connectivity index (χ4n) is 4.90. The second-order valence-electron chi connectivity index (χ2n) is 9.02. The molecular formula is C29H16ClN7O3. The number of hydrogen-bond donors (Lipinski definition) is 0. The van der Waals surface area contributed by atoms with Crippen molar-refractivity contribution in [1.29, 1.82) is 0 Å². The molecular weight excluding hydrogens is 530 g/mol. The van der Waals surface area contributed by atoms with Gasteiger partial charge in [0.05, 0.1) is 21.3 Å². The van der Waals surface area contributed by atoms with E-state index in [0.29, 0.717) is 50.0 Å². The smallest absolute Gasteiger partial charge is 0.277 e. The predicted octanol–water partition coefficient (Wildman–Crippen LogP) is 5.87. The van der Waals surface area contributed by atoms with Crippen molar-refractivity contribution in [3.8, 4) is 28.6 Å². The van der Waals surface area contributed by atoms with Gasteiger partial charge in [-0.05, 0) is 36.4 Å². The molecule has 0 fully saturated rings. The second kappa shape index (κ2) is 9.07. The Morgan fingerprint density at radius 3 is 2.20 bits per heavy atom. The van der Waals surface area contributed by atoms with Crippen LogP contribution in [0.2, 0.25) is 5.02 Å². The highest BCUT2D eigenvalue weighted by atomic mass is 35.5. The number of nitro benzene ring substituents is 1. The van der Waals surface area contributed by atoms with E-state index in [0.717, 1.165) is 5.39 Å². The van der Waals surface area contributed by atoms with Gasteiger partial charge in [-0.1, -0.05) is 60.1 Å². The third-order valence-corrected chi connectivity index (χ3v) is 6.88. The molecule has 192 valence electrons. The van der Waals surface area contributed by atoms with Gasteiger partial charge in [-0.15, -0.1) is 10.2 Å². The Kier molecular flexibility index (Phi) is 5.36. The fraction of sp³-hybridized carbons (Fsp3) is 0. The molecule has 0 bridgehead atoms.